The molecule has 2 saturated heterocycles. The molecule has 0 saturated carbocycles. The van der Waals surface area contributed by atoms with Gasteiger partial charge in [-0.25, -0.2) is 0 Å². The topological polar surface area (TPSA) is 50.2 Å². The largest absolute Gasteiger partial charge is 0.335 e. The number of hydrogen-bond acceptors (Lipinski definition) is 3. The predicted octanol–water partition coefficient (Wildman–Crippen LogP) is 1.82. The molecule has 5 nitrogen and oxygen atoms in total. The molecule has 2 aliphatic heterocycles. The van der Waals surface area contributed by atoms with E-state index in [9.17, 15) is 4.79 Å². The van der Waals surface area contributed by atoms with E-state index < -0.39 is 0 Å². The van der Waals surface area contributed by atoms with Crippen molar-refractivity contribution in [3.63, 3.8) is 0 Å². The summed E-state index contributed by atoms with van der Waals surface area (Å²) in [6, 6.07) is 2.61. The van der Waals surface area contributed by atoms with E-state index in [0.717, 1.165) is 38.9 Å². The van der Waals surface area contributed by atoms with Crippen LogP contribution in [0, 0.1) is 0 Å². The highest BCUT2D eigenvalue weighted by Gasteiger charge is 2.26. The Morgan fingerprint density at radius 2 is 2.25 bits per heavy atom. The van der Waals surface area contributed by atoms with Gasteiger partial charge in [-0.2, -0.15) is 5.10 Å². The number of hydrogen-bond donors (Lipinski definition) is 1. The Morgan fingerprint density at radius 3 is 3.00 bits per heavy atom. The molecule has 3 heterocycles. The first kappa shape index (κ1) is 13.6. The van der Waals surface area contributed by atoms with Gasteiger partial charge in [-0.05, 0) is 51.6 Å². The first-order valence-electron chi connectivity index (χ1n) is 7.82. The zero-order chi connectivity index (χ0) is 13.9. The molecule has 0 spiro atoms. The second-order valence-electron chi connectivity index (χ2n) is 6.02. The van der Waals surface area contributed by atoms with Gasteiger partial charge in [0.2, 0.25) is 0 Å². The van der Waals surface area contributed by atoms with Crippen LogP contribution in [0.25, 0.3) is 0 Å². The number of nitrogens with one attached hydrogen (secondary N) is 1. The normalized spacial score (nSPS) is 27.6. The zero-order valence-corrected chi connectivity index (χ0v) is 12.2. The molecule has 110 valence electrons. The van der Waals surface area contributed by atoms with Crippen LogP contribution in [0.3, 0.4) is 0 Å². The van der Waals surface area contributed by atoms with Gasteiger partial charge in [0, 0.05) is 25.3 Å². The molecular formula is C15H24N4O. The fourth-order valence-corrected chi connectivity index (χ4v) is 3.26. The maximum Gasteiger partial charge on any atom is 0.274 e. The van der Waals surface area contributed by atoms with Crippen LogP contribution in [0.15, 0.2) is 12.3 Å². The van der Waals surface area contributed by atoms with Gasteiger partial charge in [-0.1, -0.05) is 0 Å². The number of aromatic nitrogens is 2. The number of likely N-dealkylation sites (tertiary alicyclic amines) is 1. The van der Waals surface area contributed by atoms with Crippen LogP contribution in [-0.2, 0) is 0 Å². The van der Waals surface area contributed by atoms with Crippen LogP contribution in [0.2, 0.25) is 0 Å². The number of nitrogens with zero attached hydrogens (tertiary/aromatic N) is 3. The first-order chi connectivity index (χ1) is 9.75. The van der Waals surface area contributed by atoms with Gasteiger partial charge >= 0.3 is 0 Å². The lowest BCUT2D eigenvalue weighted by Gasteiger charge is -2.32. The molecule has 3 rings (SSSR count). The number of carbonyl (C=O) groups is 1. The van der Waals surface area contributed by atoms with Gasteiger partial charge < -0.3 is 10.2 Å². The van der Waals surface area contributed by atoms with Gasteiger partial charge in [0.25, 0.3) is 5.91 Å². The fourth-order valence-electron chi connectivity index (χ4n) is 3.26. The van der Waals surface area contributed by atoms with Gasteiger partial charge in [0.15, 0.2) is 0 Å². The van der Waals surface area contributed by atoms with Crippen molar-refractivity contribution >= 4 is 5.91 Å². The molecule has 2 fully saturated rings. The summed E-state index contributed by atoms with van der Waals surface area (Å²) >= 11 is 0. The molecule has 1 amide bonds. The third-order valence-electron chi connectivity index (χ3n) is 4.54. The van der Waals surface area contributed by atoms with Crippen molar-refractivity contribution in [1.29, 1.82) is 0 Å². The lowest BCUT2D eigenvalue weighted by atomic mass is 10.0. The minimum Gasteiger partial charge on any atom is -0.335 e. The van der Waals surface area contributed by atoms with Crippen molar-refractivity contribution in [2.24, 2.45) is 0 Å². The average Bonchev–Trinajstić information content (AvgIpc) is 2.98. The van der Waals surface area contributed by atoms with E-state index in [-0.39, 0.29) is 5.91 Å². The molecule has 2 atom stereocenters. The minimum absolute atomic E-state index is 0.0970. The molecule has 0 radical (unpaired) electrons. The second kappa shape index (κ2) is 5.95. The Kier molecular flexibility index (Phi) is 4.05. The highest BCUT2D eigenvalue weighted by atomic mass is 16.2. The molecule has 1 aromatic heterocycles. The smallest absolute Gasteiger partial charge is 0.274 e. The molecule has 20 heavy (non-hydrogen) atoms. The maximum atomic E-state index is 12.5. The molecule has 0 aliphatic carbocycles. The summed E-state index contributed by atoms with van der Waals surface area (Å²) < 4.78 is 1.97. The van der Waals surface area contributed by atoms with Crippen molar-refractivity contribution < 1.29 is 4.79 Å². The van der Waals surface area contributed by atoms with Gasteiger partial charge in [0.05, 0.1) is 6.04 Å². The maximum absolute atomic E-state index is 12.5. The molecule has 2 unspecified atom stereocenters. The summed E-state index contributed by atoms with van der Waals surface area (Å²) in [6.07, 6.45) is 7.73. The molecule has 0 aromatic carbocycles. The zero-order valence-electron chi connectivity index (χ0n) is 12.2. The van der Waals surface area contributed by atoms with Crippen LogP contribution in [0.4, 0.5) is 0 Å². The molecule has 1 N–H and O–H groups in total. The molecule has 0 bridgehead atoms. The molecular weight excluding hydrogens is 252 g/mol. The Balaban J connectivity index is 1.70. The van der Waals surface area contributed by atoms with Crippen LogP contribution in [-0.4, -0.2) is 46.3 Å². The molecule has 1 aromatic rings. The number of carbonyl (C=O) groups excluding carboxylic acids is 1. The SMILES string of the molecule is CC1CCCCN1C(=O)c1ccn(C2CCCNC2)n1. The Bertz CT molecular complexity index is 464. The lowest BCUT2D eigenvalue weighted by Crippen LogP contribution is -2.42. The van der Waals surface area contributed by atoms with E-state index in [1.54, 1.807) is 0 Å². The summed E-state index contributed by atoms with van der Waals surface area (Å²) in [6.45, 7) is 5.06. The minimum atomic E-state index is 0.0970. The quantitative estimate of drug-likeness (QED) is 0.896. The standard InChI is InChI=1S/C15H24N4O/c1-12-5-2-3-9-18(12)15(20)14-7-10-19(17-14)13-6-4-8-16-11-13/h7,10,12-13,16H,2-6,8-9,11H2,1H3. The summed E-state index contributed by atoms with van der Waals surface area (Å²) in [5.74, 6) is 0.0970. The van der Waals surface area contributed by atoms with E-state index in [2.05, 4.69) is 17.3 Å². The van der Waals surface area contributed by atoms with Gasteiger partial charge in [-0.15, -0.1) is 0 Å². The number of piperidine rings is 2. The summed E-state index contributed by atoms with van der Waals surface area (Å²) in [5.41, 5.74) is 0.601. The van der Waals surface area contributed by atoms with Gasteiger partial charge in [0.1, 0.15) is 5.69 Å². The van der Waals surface area contributed by atoms with Crippen molar-refractivity contribution in [3.8, 4) is 0 Å². The number of rotatable bonds is 2. The van der Waals surface area contributed by atoms with Crippen molar-refractivity contribution in [1.82, 2.24) is 20.0 Å². The van der Waals surface area contributed by atoms with Gasteiger partial charge in [-0.3, -0.25) is 9.48 Å². The highest BCUT2D eigenvalue weighted by Crippen LogP contribution is 2.20. The molecule has 5 heteroatoms. The second-order valence-corrected chi connectivity index (χ2v) is 6.02. The summed E-state index contributed by atoms with van der Waals surface area (Å²) in [4.78, 5) is 14.5. The van der Waals surface area contributed by atoms with Crippen LogP contribution in [0.5, 0.6) is 0 Å². The summed E-state index contributed by atoms with van der Waals surface area (Å²) in [7, 11) is 0. The Labute approximate surface area is 120 Å². The van der Waals surface area contributed by atoms with E-state index in [1.807, 2.05) is 21.8 Å². The predicted molar refractivity (Wildman–Crippen MR) is 77.7 cm³/mol. The van der Waals surface area contributed by atoms with E-state index in [4.69, 9.17) is 0 Å². The van der Waals surface area contributed by atoms with Crippen LogP contribution < -0.4 is 5.32 Å². The first-order valence-corrected chi connectivity index (χ1v) is 7.82. The van der Waals surface area contributed by atoms with Crippen LogP contribution in [0.1, 0.15) is 55.6 Å². The fraction of sp³-hybridized carbons (Fsp3) is 0.733. The van der Waals surface area contributed by atoms with Crippen LogP contribution >= 0.6 is 0 Å². The van der Waals surface area contributed by atoms with Crippen molar-refractivity contribution in [2.45, 2.75) is 51.1 Å². The van der Waals surface area contributed by atoms with E-state index in [1.165, 1.54) is 12.8 Å². The molecule has 2 aliphatic rings. The Morgan fingerprint density at radius 1 is 1.35 bits per heavy atom. The van der Waals surface area contributed by atoms with E-state index >= 15 is 0 Å². The Hall–Kier alpha value is -1.36. The van der Waals surface area contributed by atoms with E-state index in [0.29, 0.717) is 17.8 Å². The third-order valence-corrected chi connectivity index (χ3v) is 4.54. The average molecular weight is 276 g/mol. The highest BCUT2D eigenvalue weighted by molar-refractivity contribution is 5.92. The van der Waals surface area contributed by atoms with Crippen molar-refractivity contribution in [3.05, 3.63) is 18.0 Å². The number of amides is 1. The van der Waals surface area contributed by atoms with Crippen molar-refractivity contribution in [2.75, 3.05) is 19.6 Å². The third kappa shape index (κ3) is 2.73. The monoisotopic (exact) mass is 276 g/mol. The lowest BCUT2D eigenvalue weighted by molar-refractivity contribution is 0.0628. The summed E-state index contributed by atoms with van der Waals surface area (Å²) in [5, 5.41) is 7.91.